The average molecular weight is 531 g/mol. The largest absolute Gasteiger partial charge is 0.341 e. The van der Waals surface area contributed by atoms with Gasteiger partial charge in [0.15, 0.2) is 0 Å². The SMILES string of the molecule is Cc1ccc(NC(=O)c2sc3ncn(CC(=O)N4C[C@@H](C)C[C@H](C)C4)c(=O)c3c2C)c(Br)c1. The number of anilines is 1. The van der Waals surface area contributed by atoms with Crippen molar-refractivity contribution in [2.24, 2.45) is 11.8 Å². The molecular weight excluding hydrogens is 504 g/mol. The van der Waals surface area contributed by atoms with Gasteiger partial charge in [-0.1, -0.05) is 19.9 Å². The Morgan fingerprint density at radius 2 is 1.91 bits per heavy atom. The molecule has 9 heteroatoms. The van der Waals surface area contributed by atoms with E-state index in [1.807, 2.05) is 30.0 Å². The van der Waals surface area contributed by atoms with Gasteiger partial charge in [0, 0.05) is 17.6 Å². The molecule has 0 radical (unpaired) electrons. The molecule has 1 saturated heterocycles. The van der Waals surface area contributed by atoms with E-state index in [-0.39, 0.29) is 23.9 Å². The van der Waals surface area contributed by atoms with Crippen LogP contribution in [0.4, 0.5) is 5.69 Å². The number of nitrogens with one attached hydrogen (secondary N) is 1. The summed E-state index contributed by atoms with van der Waals surface area (Å²) in [6.45, 7) is 9.39. The Bertz CT molecular complexity index is 1290. The van der Waals surface area contributed by atoms with Crippen molar-refractivity contribution in [2.45, 2.75) is 40.7 Å². The van der Waals surface area contributed by atoms with Gasteiger partial charge in [-0.15, -0.1) is 11.3 Å². The fraction of sp³-hybridized carbons (Fsp3) is 0.417. The molecule has 1 fully saturated rings. The van der Waals surface area contributed by atoms with Crippen molar-refractivity contribution in [3.8, 4) is 0 Å². The Morgan fingerprint density at radius 1 is 1.21 bits per heavy atom. The number of thiophene rings is 1. The quantitative estimate of drug-likeness (QED) is 0.534. The number of hydrogen-bond acceptors (Lipinski definition) is 5. The molecule has 0 aliphatic carbocycles. The van der Waals surface area contributed by atoms with Gasteiger partial charge in [-0.25, -0.2) is 4.98 Å². The van der Waals surface area contributed by atoms with Crippen molar-refractivity contribution in [1.82, 2.24) is 14.5 Å². The van der Waals surface area contributed by atoms with Crippen LogP contribution in [0.15, 0.2) is 33.8 Å². The van der Waals surface area contributed by atoms with Crippen LogP contribution in [0.5, 0.6) is 0 Å². The predicted molar refractivity (Wildman–Crippen MR) is 135 cm³/mol. The van der Waals surface area contributed by atoms with Crippen molar-refractivity contribution in [3.05, 3.63) is 55.4 Å². The summed E-state index contributed by atoms with van der Waals surface area (Å²) in [5.41, 5.74) is 2.01. The second kappa shape index (κ2) is 9.38. The molecule has 0 spiro atoms. The summed E-state index contributed by atoms with van der Waals surface area (Å²) in [6.07, 6.45) is 2.52. The molecule has 1 aromatic carbocycles. The first-order valence-corrected chi connectivity index (χ1v) is 12.6. The first kappa shape index (κ1) is 23.6. The molecule has 2 amide bonds. The summed E-state index contributed by atoms with van der Waals surface area (Å²) in [7, 11) is 0. The maximum atomic E-state index is 13.2. The Morgan fingerprint density at radius 3 is 2.58 bits per heavy atom. The van der Waals surface area contributed by atoms with Crippen LogP contribution in [0.1, 0.15) is 41.1 Å². The second-order valence-corrected chi connectivity index (χ2v) is 10.9. The number of benzene rings is 1. The fourth-order valence-corrected chi connectivity index (χ4v) is 6.13. The zero-order valence-corrected chi connectivity index (χ0v) is 21.5. The number of amides is 2. The molecule has 1 aliphatic rings. The highest BCUT2D eigenvalue weighted by molar-refractivity contribution is 9.10. The number of aryl methyl sites for hydroxylation is 2. The van der Waals surface area contributed by atoms with Crippen LogP contribution in [-0.4, -0.2) is 39.4 Å². The van der Waals surface area contributed by atoms with Crippen LogP contribution in [0.25, 0.3) is 10.2 Å². The average Bonchev–Trinajstić information content (AvgIpc) is 3.08. The highest BCUT2D eigenvalue weighted by atomic mass is 79.9. The molecule has 0 unspecified atom stereocenters. The number of likely N-dealkylation sites (tertiary alicyclic amines) is 1. The van der Waals surface area contributed by atoms with Crippen molar-refractivity contribution in [2.75, 3.05) is 18.4 Å². The maximum Gasteiger partial charge on any atom is 0.266 e. The van der Waals surface area contributed by atoms with Gasteiger partial charge in [0.25, 0.3) is 11.5 Å². The van der Waals surface area contributed by atoms with Crippen LogP contribution < -0.4 is 10.9 Å². The Kier molecular flexibility index (Phi) is 6.72. The normalized spacial score (nSPS) is 18.5. The van der Waals surface area contributed by atoms with Crippen LogP contribution in [-0.2, 0) is 11.3 Å². The number of nitrogens with zero attached hydrogens (tertiary/aromatic N) is 3. The van der Waals surface area contributed by atoms with E-state index in [1.165, 1.54) is 22.2 Å². The number of carbonyl (C=O) groups excluding carboxylic acids is 2. The third kappa shape index (κ3) is 4.89. The number of hydrogen-bond donors (Lipinski definition) is 1. The number of aromatic nitrogens is 2. The third-order valence-electron chi connectivity index (χ3n) is 6.02. The number of carbonyl (C=O) groups is 2. The highest BCUT2D eigenvalue weighted by Gasteiger charge is 2.26. The second-order valence-electron chi connectivity index (χ2n) is 9.10. The lowest BCUT2D eigenvalue weighted by molar-refractivity contribution is -0.134. The number of piperidine rings is 1. The van der Waals surface area contributed by atoms with Crippen LogP contribution in [0.2, 0.25) is 0 Å². The van der Waals surface area contributed by atoms with Gasteiger partial charge in [-0.2, -0.15) is 0 Å². The minimum absolute atomic E-state index is 0.0473. The minimum Gasteiger partial charge on any atom is -0.341 e. The van der Waals surface area contributed by atoms with Crippen molar-refractivity contribution >= 4 is 55.0 Å². The molecule has 3 heterocycles. The molecule has 2 aromatic heterocycles. The smallest absolute Gasteiger partial charge is 0.266 e. The predicted octanol–water partition coefficient (Wildman–Crippen LogP) is 4.59. The van der Waals surface area contributed by atoms with E-state index >= 15 is 0 Å². The molecule has 7 nitrogen and oxygen atoms in total. The van der Waals surface area contributed by atoms with Gasteiger partial charge in [-0.3, -0.25) is 19.0 Å². The van der Waals surface area contributed by atoms with Gasteiger partial charge in [-0.05, 0) is 71.3 Å². The molecule has 4 rings (SSSR count). The summed E-state index contributed by atoms with van der Waals surface area (Å²) in [4.78, 5) is 46.2. The van der Waals surface area contributed by atoms with E-state index in [9.17, 15) is 14.4 Å². The van der Waals surface area contributed by atoms with Crippen molar-refractivity contribution in [1.29, 1.82) is 0 Å². The highest BCUT2D eigenvalue weighted by Crippen LogP contribution is 2.29. The summed E-state index contributed by atoms with van der Waals surface area (Å²) in [5.74, 6) is 0.526. The monoisotopic (exact) mass is 530 g/mol. The minimum atomic E-state index is -0.296. The molecule has 33 heavy (non-hydrogen) atoms. The Balaban J connectivity index is 1.59. The summed E-state index contributed by atoms with van der Waals surface area (Å²) >= 11 is 4.66. The van der Waals surface area contributed by atoms with E-state index in [0.717, 1.165) is 16.5 Å². The lowest BCUT2D eigenvalue weighted by Crippen LogP contribution is -2.44. The number of rotatable bonds is 4. The molecule has 2 atom stereocenters. The first-order valence-electron chi connectivity index (χ1n) is 11.0. The Labute approximate surface area is 204 Å². The van der Waals surface area contributed by atoms with Crippen LogP contribution >= 0.6 is 27.3 Å². The van der Waals surface area contributed by atoms with Gasteiger partial charge >= 0.3 is 0 Å². The lowest BCUT2D eigenvalue weighted by atomic mass is 9.92. The van der Waals surface area contributed by atoms with Gasteiger partial charge in [0.05, 0.1) is 22.3 Å². The van der Waals surface area contributed by atoms with Gasteiger partial charge in [0.2, 0.25) is 5.91 Å². The molecular formula is C24H27BrN4O3S. The molecule has 1 aliphatic heterocycles. The number of fused-ring (bicyclic) bond motifs is 1. The molecule has 0 saturated carbocycles. The van der Waals surface area contributed by atoms with E-state index < -0.39 is 0 Å². The zero-order chi connectivity index (χ0) is 23.9. The van der Waals surface area contributed by atoms with Gasteiger partial charge < -0.3 is 10.2 Å². The molecule has 3 aromatic rings. The fourth-order valence-electron chi connectivity index (χ4n) is 4.50. The van der Waals surface area contributed by atoms with Crippen LogP contribution in [0.3, 0.4) is 0 Å². The van der Waals surface area contributed by atoms with E-state index in [0.29, 0.717) is 51.3 Å². The molecule has 174 valence electrons. The van der Waals surface area contributed by atoms with Crippen molar-refractivity contribution in [3.63, 3.8) is 0 Å². The molecule has 1 N–H and O–H groups in total. The third-order valence-corrected chi connectivity index (χ3v) is 7.88. The van der Waals surface area contributed by atoms with E-state index in [4.69, 9.17) is 0 Å². The Hall–Kier alpha value is -2.52. The topological polar surface area (TPSA) is 84.3 Å². The summed E-state index contributed by atoms with van der Waals surface area (Å²) in [5, 5.41) is 3.29. The van der Waals surface area contributed by atoms with Crippen molar-refractivity contribution < 1.29 is 9.59 Å². The number of halogens is 1. The lowest BCUT2D eigenvalue weighted by Gasteiger charge is -2.35. The standard InChI is InChI=1S/C24H27BrN4O3S/c1-13-5-6-18(17(25)8-13)27-22(31)21-16(4)20-23(33-21)26-12-29(24(20)32)11-19(30)28-9-14(2)7-15(3)10-28/h5-6,8,12,14-15H,7,9-11H2,1-4H3,(H,27,31)/t14-,15-/m0/s1. The zero-order valence-electron chi connectivity index (χ0n) is 19.1. The first-order chi connectivity index (χ1) is 15.6. The van der Waals surface area contributed by atoms with Crippen LogP contribution in [0, 0.1) is 25.7 Å². The van der Waals surface area contributed by atoms with E-state index in [1.54, 1.807) is 6.92 Å². The summed E-state index contributed by atoms with van der Waals surface area (Å²) in [6, 6.07) is 5.67. The maximum absolute atomic E-state index is 13.2. The van der Waals surface area contributed by atoms with E-state index in [2.05, 4.69) is 40.1 Å². The summed E-state index contributed by atoms with van der Waals surface area (Å²) < 4.78 is 2.14. The molecule has 0 bridgehead atoms. The van der Waals surface area contributed by atoms with Gasteiger partial charge in [0.1, 0.15) is 11.4 Å².